The summed E-state index contributed by atoms with van der Waals surface area (Å²) in [5.74, 6) is -3.33. The van der Waals surface area contributed by atoms with Crippen LogP contribution in [0, 0.1) is 17.6 Å². The molecule has 0 spiro atoms. The van der Waals surface area contributed by atoms with Gasteiger partial charge in [0.25, 0.3) is 5.91 Å². The van der Waals surface area contributed by atoms with Gasteiger partial charge in [0.2, 0.25) is 5.91 Å². The van der Waals surface area contributed by atoms with Gasteiger partial charge in [-0.15, -0.1) is 0 Å². The summed E-state index contributed by atoms with van der Waals surface area (Å²) in [6.07, 6.45) is 0.832. The number of carbonyl (C=O) groups is 3. The zero-order valence-electron chi connectivity index (χ0n) is 23.2. The van der Waals surface area contributed by atoms with Crippen LogP contribution in [0.3, 0.4) is 0 Å². The first-order valence-electron chi connectivity index (χ1n) is 13.1. The lowest BCUT2D eigenvalue weighted by Gasteiger charge is -2.32. The largest absolute Gasteiger partial charge is 0.506 e. The predicted molar refractivity (Wildman–Crippen MR) is 147 cm³/mol. The summed E-state index contributed by atoms with van der Waals surface area (Å²) in [6.45, 7) is 7.43. The van der Waals surface area contributed by atoms with Gasteiger partial charge in [-0.1, -0.05) is 6.07 Å². The number of phenolic OH excluding ortho intramolecular Hbond substituents is 1. The van der Waals surface area contributed by atoms with Crippen molar-refractivity contribution in [1.29, 1.82) is 0 Å². The van der Waals surface area contributed by atoms with Gasteiger partial charge in [-0.3, -0.25) is 19.8 Å². The maximum absolute atomic E-state index is 13.9. The zero-order valence-corrected chi connectivity index (χ0v) is 23.2. The fourth-order valence-corrected chi connectivity index (χ4v) is 4.32. The number of anilines is 2. The number of aromatic hydroxyl groups is 1. The van der Waals surface area contributed by atoms with Crippen LogP contribution in [0.1, 0.15) is 49.5 Å². The molecule has 5 N–H and O–H groups in total. The van der Waals surface area contributed by atoms with Crippen LogP contribution in [0.5, 0.6) is 5.75 Å². The van der Waals surface area contributed by atoms with Gasteiger partial charge >= 0.3 is 6.09 Å². The van der Waals surface area contributed by atoms with E-state index in [1.807, 2.05) is 12.1 Å². The highest BCUT2D eigenvalue weighted by molar-refractivity contribution is 6.03. The second kappa shape index (κ2) is 13.4. The van der Waals surface area contributed by atoms with Crippen molar-refractivity contribution in [3.05, 3.63) is 53.1 Å². The van der Waals surface area contributed by atoms with Crippen molar-refractivity contribution in [2.75, 3.05) is 43.9 Å². The Morgan fingerprint density at radius 1 is 1.02 bits per heavy atom. The van der Waals surface area contributed by atoms with E-state index in [0.717, 1.165) is 38.0 Å². The molecule has 10 nitrogen and oxygen atoms in total. The van der Waals surface area contributed by atoms with Gasteiger partial charge in [-0.25, -0.2) is 13.6 Å². The lowest BCUT2D eigenvalue weighted by Crippen LogP contribution is -2.41. The topological polar surface area (TPSA) is 132 Å². The molecule has 0 aliphatic carbocycles. The minimum Gasteiger partial charge on any atom is -0.506 e. The molecule has 2 aromatic rings. The lowest BCUT2D eigenvalue weighted by atomic mass is 9.96. The number of rotatable bonds is 9. The van der Waals surface area contributed by atoms with Crippen molar-refractivity contribution in [2.45, 2.75) is 45.8 Å². The second-order valence-corrected chi connectivity index (χ2v) is 10.7. The monoisotopic (exact) mass is 561 g/mol. The Labute approximate surface area is 232 Å². The first kappa shape index (κ1) is 30.6. The molecular formula is C28H37F2N5O5. The molecule has 3 rings (SSSR count). The number of nitrogens with one attached hydrogen (secondary N) is 4. The predicted octanol–water partition coefficient (Wildman–Crippen LogP) is 3.82. The van der Waals surface area contributed by atoms with Crippen molar-refractivity contribution >= 4 is 29.3 Å². The number of phenols is 1. The first-order chi connectivity index (χ1) is 18.8. The molecule has 1 heterocycles. The summed E-state index contributed by atoms with van der Waals surface area (Å²) in [5, 5.41) is 20.2. The normalized spacial score (nSPS) is 14.3. The molecule has 1 fully saturated rings. The maximum atomic E-state index is 13.9. The number of ether oxygens (including phenoxy) is 1. The van der Waals surface area contributed by atoms with Crippen LogP contribution in [-0.2, 0) is 16.1 Å². The highest BCUT2D eigenvalue weighted by atomic mass is 19.2. The third kappa shape index (κ3) is 9.08. The molecule has 0 bridgehead atoms. The fourth-order valence-electron chi connectivity index (χ4n) is 4.32. The number of benzene rings is 2. The minimum absolute atomic E-state index is 0.208. The van der Waals surface area contributed by atoms with Crippen molar-refractivity contribution in [1.82, 2.24) is 15.5 Å². The van der Waals surface area contributed by atoms with Gasteiger partial charge in [0.1, 0.15) is 11.4 Å². The standard InChI is InChI=1S/C28H37F2N5O5/c1-28(2,3)40-27(39)34-22-13-21(30)20(29)12-19(22)26(38)33-15-25(37)32-14-17-7-9-35(10-8-17)16-18-5-6-24(36)23(11-18)31-4/h5-6,11-13,17,31,36H,7-10,14-16H2,1-4H3,(H,32,37)(H,33,38)(H,34,39). The number of likely N-dealkylation sites (tertiary alicyclic amines) is 1. The highest BCUT2D eigenvalue weighted by Crippen LogP contribution is 2.26. The lowest BCUT2D eigenvalue weighted by molar-refractivity contribution is -0.120. The van der Waals surface area contributed by atoms with Crippen molar-refractivity contribution in [3.8, 4) is 5.75 Å². The van der Waals surface area contributed by atoms with E-state index in [0.29, 0.717) is 24.4 Å². The molecule has 0 aromatic heterocycles. The fraction of sp³-hybridized carbons (Fsp3) is 0.464. The number of nitrogens with zero attached hydrogens (tertiary/aromatic N) is 1. The quantitative estimate of drug-likeness (QED) is 0.294. The van der Waals surface area contributed by atoms with Crippen LogP contribution >= 0.6 is 0 Å². The van der Waals surface area contributed by atoms with Crippen LogP contribution in [0.15, 0.2) is 30.3 Å². The van der Waals surface area contributed by atoms with Crippen LogP contribution in [0.2, 0.25) is 0 Å². The van der Waals surface area contributed by atoms with Gasteiger partial charge in [0.15, 0.2) is 11.6 Å². The van der Waals surface area contributed by atoms with Crippen molar-refractivity contribution < 1.29 is 33.0 Å². The average Bonchev–Trinajstić information content (AvgIpc) is 2.88. The third-order valence-electron chi connectivity index (χ3n) is 6.38. The van der Waals surface area contributed by atoms with E-state index in [1.54, 1.807) is 33.9 Å². The zero-order chi connectivity index (χ0) is 29.4. The third-order valence-corrected chi connectivity index (χ3v) is 6.38. The van der Waals surface area contributed by atoms with Crippen LogP contribution in [-0.4, -0.2) is 66.7 Å². The van der Waals surface area contributed by atoms with Gasteiger partial charge in [0.05, 0.1) is 23.5 Å². The number of piperidine rings is 1. The molecule has 0 atom stereocenters. The molecule has 3 amide bonds. The molecule has 1 aliphatic rings. The van der Waals surface area contributed by atoms with E-state index < -0.39 is 35.1 Å². The summed E-state index contributed by atoms with van der Waals surface area (Å²) < 4.78 is 32.8. The van der Waals surface area contributed by atoms with Gasteiger partial charge in [-0.05, 0) is 76.4 Å². The number of carbonyl (C=O) groups excluding carboxylic acids is 3. The van der Waals surface area contributed by atoms with Crippen LogP contribution in [0.4, 0.5) is 25.0 Å². The molecule has 0 unspecified atom stereocenters. The Morgan fingerprint density at radius 2 is 1.70 bits per heavy atom. The van der Waals surface area contributed by atoms with Gasteiger partial charge < -0.3 is 25.8 Å². The summed E-state index contributed by atoms with van der Waals surface area (Å²) in [7, 11) is 1.76. The molecule has 218 valence electrons. The second-order valence-electron chi connectivity index (χ2n) is 10.7. The Kier molecular flexibility index (Phi) is 10.3. The van der Waals surface area contributed by atoms with Crippen molar-refractivity contribution in [3.63, 3.8) is 0 Å². The molecule has 1 aliphatic heterocycles. The smallest absolute Gasteiger partial charge is 0.412 e. The molecule has 40 heavy (non-hydrogen) atoms. The van der Waals surface area contributed by atoms with Crippen LogP contribution in [0.25, 0.3) is 0 Å². The van der Waals surface area contributed by atoms with E-state index in [-0.39, 0.29) is 29.5 Å². The molecule has 2 aromatic carbocycles. The van der Waals surface area contributed by atoms with E-state index >= 15 is 0 Å². The first-order valence-corrected chi connectivity index (χ1v) is 13.1. The van der Waals surface area contributed by atoms with Crippen molar-refractivity contribution in [2.24, 2.45) is 5.92 Å². The summed E-state index contributed by atoms with van der Waals surface area (Å²) >= 11 is 0. The molecule has 12 heteroatoms. The summed E-state index contributed by atoms with van der Waals surface area (Å²) in [6, 6.07) is 6.83. The summed E-state index contributed by atoms with van der Waals surface area (Å²) in [4.78, 5) is 39.4. The van der Waals surface area contributed by atoms with Gasteiger partial charge in [0, 0.05) is 26.2 Å². The number of halogens is 2. The number of hydrogen-bond acceptors (Lipinski definition) is 7. The van der Waals surface area contributed by atoms with E-state index in [4.69, 9.17) is 4.74 Å². The highest BCUT2D eigenvalue weighted by Gasteiger charge is 2.23. The van der Waals surface area contributed by atoms with Gasteiger partial charge in [-0.2, -0.15) is 0 Å². The molecule has 1 saturated heterocycles. The Hall–Kier alpha value is -3.93. The SMILES string of the molecule is CNc1cc(CN2CCC(CNC(=O)CNC(=O)c3cc(F)c(F)cc3NC(=O)OC(C)(C)C)CC2)ccc1O. The Balaban J connectivity index is 1.45. The summed E-state index contributed by atoms with van der Waals surface area (Å²) in [5.41, 5.74) is 0.299. The van der Waals surface area contributed by atoms with E-state index in [1.165, 1.54) is 0 Å². The number of amides is 3. The minimum atomic E-state index is -1.27. The van der Waals surface area contributed by atoms with E-state index in [9.17, 15) is 28.3 Å². The Morgan fingerprint density at radius 3 is 2.35 bits per heavy atom. The van der Waals surface area contributed by atoms with E-state index in [2.05, 4.69) is 26.2 Å². The number of hydrogen-bond donors (Lipinski definition) is 5. The maximum Gasteiger partial charge on any atom is 0.412 e. The molecule has 0 saturated carbocycles. The molecule has 0 radical (unpaired) electrons. The molecular weight excluding hydrogens is 524 g/mol. The average molecular weight is 562 g/mol. The Bertz CT molecular complexity index is 1230. The van der Waals surface area contributed by atoms with Crippen LogP contribution < -0.4 is 21.3 Å².